The van der Waals surface area contributed by atoms with Gasteiger partial charge in [-0.15, -0.1) is 0 Å². The van der Waals surface area contributed by atoms with Crippen LogP contribution in [-0.4, -0.2) is 37.0 Å². The minimum Gasteiger partial charge on any atom is -0.309 e. The number of anilines is 1. The molecule has 1 aromatic rings. The van der Waals surface area contributed by atoms with E-state index in [1.54, 1.807) is 4.90 Å². The fraction of sp³-hybridized carbons (Fsp3) is 0.429. The molecular formula is C14H17N3O. The van der Waals surface area contributed by atoms with Crippen molar-refractivity contribution >= 4 is 11.6 Å². The minimum absolute atomic E-state index is 0.0274. The maximum Gasteiger partial charge on any atom is 0.245 e. The van der Waals surface area contributed by atoms with Crippen molar-refractivity contribution in [2.45, 2.75) is 19.4 Å². The van der Waals surface area contributed by atoms with Gasteiger partial charge in [-0.1, -0.05) is 18.2 Å². The van der Waals surface area contributed by atoms with E-state index in [1.165, 1.54) is 0 Å². The van der Waals surface area contributed by atoms with Crippen molar-refractivity contribution in [1.29, 1.82) is 5.26 Å². The zero-order chi connectivity index (χ0) is 13.1. The first kappa shape index (κ1) is 12.6. The van der Waals surface area contributed by atoms with Gasteiger partial charge in [0.2, 0.25) is 5.91 Å². The molecule has 1 atom stereocenters. The van der Waals surface area contributed by atoms with Gasteiger partial charge in [-0.25, -0.2) is 0 Å². The van der Waals surface area contributed by atoms with E-state index in [0.29, 0.717) is 6.54 Å². The maximum atomic E-state index is 12.4. The number of amides is 1. The summed E-state index contributed by atoms with van der Waals surface area (Å²) >= 11 is 0. The van der Waals surface area contributed by atoms with E-state index in [-0.39, 0.29) is 18.4 Å². The van der Waals surface area contributed by atoms with E-state index < -0.39 is 0 Å². The van der Waals surface area contributed by atoms with Crippen molar-refractivity contribution in [3.8, 4) is 6.07 Å². The molecule has 94 valence electrons. The summed E-state index contributed by atoms with van der Waals surface area (Å²) in [5.74, 6) is 0.0274. The SMILES string of the molecule is Cc1ccccc1N1CCN(C)C(CC#N)C1=O. The van der Waals surface area contributed by atoms with E-state index >= 15 is 0 Å². The third-order valence-electron chi connectivity index (χ3n) is 3.45. The average Bonchev–Trinajstić information content (AvgIpc) is 2.36. The molecule has 1 amide bonds. The number of carbonyl (C=O) groups is 1. The molecule has 1 aliphatic rings. The van der Waals surface area contributed by atoms with Crippen molar-refractivity contribution in [3.63, 3.8) is 0 Å². The van der Waals surface area contributed by atoms with E-state index in [0.717, 1.165) is 17.8 Å². The molecule has 2 rings (SSSR count). The van der Waals surface area contributed by atoms with Crippen LogP contribution in [0.4, 0.5) is 5.69 Å². The fourth-order valence-corrected chi connectivity index (χ4v) is 2.33. The Balaban J connectivity index is 2.28. The first-order valence-corrected chi connectivity index (χ1v) is 6.09. The van der Waals surface area contributed by atoms with Gasteiger partial charge in [0.15, 0.2) is 0 Å². The first-order valence-electron chi connectivity index (χ1n) is 6.09. The Kier molecular flexibility index (Phi) is 3.63. The number of nitrogens with zero attached hydrogens (tertiary/aromatic N) is 3. The highest BCUT2D eigenvalue weighted by molar-refractivity contribution is 5.98. The fourth-order valence-electron chi connectivity index (χ4n) is 2.33. The zero-order valence-electron chi connectivity index (χ0n) is 10.8. The third kappa shape index (κ3) is 2.22. The average molecular weight is 243 g/mol. The van der Waals surface area contributed by atoms with Crippen LogP contribution in [0.2, 0.25) is 0 Å². The third-order valence-corrected chi connectivity index (χ3v) is 3.45. The summed E-state index contributed by atoms with van der Waals surface area (Å²) in [7, 11) is 1.90. The van der Waals surface area contributed by atoms with Crippen LogP contribution in [0.3, 0.4) is 0 Å². The van der Waals surface area contributed by atoms with Crippen LogP contribution in [0.1, 0.15) is 12.0 Å². The van der Waals surface area contributed by atoms with Gasteiger partial charge in [0.1, 0.15) is 6.04 Å². The molecule has 1 saturated heterocycles. The molecule has 0 bridgehead atoms. The Labute approximate surface area is 107 Å². The summed E-state index contributed by atoms with van der Waals surface area (Å²) in [6.45, 7) is 3.48. The smallest absolute Gasteiger partial charge is 0.245 e. The second kappa shape index (κ2) is 5.19. The Bertz CT molecular complexity index is 492. The molecule has 0 aliphatic carbocycles. The Morgan fingerprint density at radius 1 is 1.39 bits per heavy atom. The topological polar surface area (TPSA) is 47.3 Å². The van der Waals surface area contributed by atoms with E-state index in [2.05, 4.69) is 6.07 Å². The lowest BCUT2D eigenvalue weighted by Gasteiger charge is -2.38. The van der Waals surface area contributed by atoms with Crippen LogP contribution < -0.4 is 4.90 Å². The molecule has 0 spiro atoms. The number of para-hydroxylation sites is 1. The lowest BCUT2D eigenvalue weighted by Crippen LogP contribution is -2.55. The number of likely N-dealkylation sites (N-methyl/N-ethyl adjacent to an activating group) is 1. The molecule has 0 saturated carbocycles. The molecule has 0 radical (unpaired) electrons. The molecular weight excluding hydrogens is 226 g/mol. The minimum atomic E-state index is -0.316. The molecule has 1 fully saturated rings. The Morgan fingerprint density at radius 2 is 2.11 bits per heavy atom. The van der Waals surface area contributed by atoms with Gasteiger partial charge in [-0.3, -0.25) is 9.69 Å². The second-order valence-corrected chi connectivity index (χ2v) is 4.64. The molecule has 0 aromatic heterocycles. The number of aryl methyl sites for hydroxylation is 1. The van der Waals surface area contributed by atoms with Crippen LogP contribution >= 0.6 is 0 Å². The normalized spacial score (nSPS) is 20.8. The summed E-state index contributed by atoms with van der Waals surface area (Å²) in [6.07, 6.45) is 0.248. The van der Waals surface area contributed by atoms with Gasteiger partial charge in [0.05, 0.1) is 12.5 Å². The van der Waals surface area contributed by atoms with Crippen molar-refractivity contribution in [3.05, 3.63) is 29.8 Å². The number of piperazine rings is 1. The molecule has 1 unspecified atom stereocenters. The quantitative estimate of drug-likeness (QED) is 0.792. The van der Waals surface area contributed by atoms with Crippen LogP contribution in [0, 0.1) is 18.3 Å². The standard InChI is InChI=1S/C14H17N3O/c1-11-5-3-4-6-12(11)17-10-9-16(2)13(7-8-15)14(17)18/h3-6,13H,7,9-10H2,1-2H3. The Morgan fingerprint density at radius 3 is 2.78 bits per heavy atom. The lowest BCUT2D eigenvalue weighted by atomic mass is 10.1. The summed E-state index contributed by atoms with van der Waals surface area (Å²) in [6, 6.07) is 9.64. The van der Waals surface area contributed by atoms with Crippen molar-refractivity contribution in [1.82, 2.24) is 4.90 Å². The maximum absolute atomic E-state index is 12.4. The van der Waals surface area contributed by atoms with Crippen LogP contribution in [-0.2, 0) is 4.79 Å². The summed E-state index contributed by atoms with van der Waals surface area (Å²) in [5.41, 5.74) is 2.05. The molecule has 1 aromatic carbocycles. The van der Waals surface area contributed by atoms with Crippen molar-refractivity contribution in [2.75, 3.05) is 25.0 Å². The lowest BCUT2D eigenvalue weighted by molar-refractivity contribution is -0.125. The van der Waals surface area contributed by atoms with Gasteiger partial charge in [-0.2, -0.15) is 5.26 Å². The summed E-state index contributed by atoms with van der Waals surface area (Å²) < 4.78 is 0. The number of hydrogen-bond acceptors (Lipinski definition) is 3. The first-order chi connectivity index (χ1) is 8.65. The molecule has 0 N–H and O–H groups in total. The molecule has 1 aliphatic heterocycles. The van der Waals surface area contributed by atoms with Gasteiger partial charge in [0, 0.05) is 18.8 Å². The molecule has 1 heterocycles. The summed E-state index contributed by atoms with van der Waals surface area (Å²) in [4.78, 5) is 16.2. The van der Waals surface area contributed by atoms with Crippen LogP contribution in [0.5, 0.6) is 0 Å². The zero-order valence-corrected chi connectivity index (χ0v) is 10.8. The highest BCUT2D eigenvalue weighted by Gasteiger charge is 2.33. The van der Waals surface area contributed by atoms with Crippen molar-refractivity contribution in [2.24, 2.45) is 0 Å². The van der Waals surface area contributed by atoms with Crippen molar-refractivity contribution < 1.29 is 4.79 Å². The molecule has 4 heteroatoms. The molecule has 4 nitrogen and oxygen atoms in total. The summed E-state index contributed by atoms with van der Waals surface area (Å²) in [5, 5.41) is 8.82. The number of carbonyl (C=O) groups excluding carboxylic acids is 1. The van der Waals surface area contributed by atoms with Gasteiger partial charge in [0.25, 0.3) is 0 Å². The predicted molar refractivity (Wildman–Crippen MR) is 70.2 cm³/mol. The largest absolute Gasteiger partial charge is 0.309 e. The van der Waals surface area contributed by atoms with E-state index in [1.807, 2.05) is 43.1 Å². The Hall–Kier alpha value is -1.86. The van der Waals surface area contributed by atoms with E-state index in [4.69, 9.17) is 5.26 Å². The molecule has 18 heavy (non-hydrogen) atoms. The number of hydrogen-bond donors (Lipinski definition) is 0. The number of nitriles is 1. The predicted octanol–water partition coefficient (Wildman–Crippen LogP) is 1.56. The highest BCUT2D eigenvalue weighted by Crippen LogP contribution is 2.24. The second-order valence-electron chi connectivity index (χ2n) is 4.64. The van der Waals surface area contributed by atoms with Crippen LogP contribution in [0.25, 0.3) is 0 Å². The van der Waals surface area contributed by atoms with Gasteiger partial charge < -0.3 is 4.90 Å². The number of benzene rings is 1. The van der Waals surface area contributed by atoms with Gasteiger partial charge in [-0.05, 0) is 25.6 Å². The number of rotatable bonds is 2. The highest BCUT2D eigenvalue weighted by atomic mass is 16.2. The van der Waals surface area contributed by atoms with Crippen LogP contribution in [0.15, 0.2) is 24.3 Å². The van der Waals surface area contributed by atoms with Gasteiger partial charge >= 0.3 is 0 Å². The monoisotopic (exact) mass is 243 g/mol. The van der Waals surface area contributed by atoms with E-state index in [9.17, 15) is 4.79 Å².